The second kappa shape index (κ2) is 4.19. The molecule has 1 fully saturated rings. The van der Waals surface area contributed by atoms with Crippen molar-refractivity contribution in [3.8, 4) is 0 Å². The Morgan fingerprint density at radius 3 is 2.75 bits per heavy atom. The van der Waals surface area contributed by atoms with E-state index in [1.165, 1.54) is 18.2 Å². The minimum atomic E-state index is -1.14. The summed E-state index contributed by atoms with van der Waals surface area (Å²) >= 11 is 0. The van der Waals surface area contributed by atoms with E-state index >= 15 is 0 Å². The lowest BCUT2D eigenvalue weighted by Gasteiger charge is -2.11. The Hall–Kier alpha value is -2.64. The maximum atomic E-state index is 11.9. The van der Waals surface area contributed by atoms with E-state index in [0.29, 0.717) is 12.8 Å². The quantitative estimate of drug-likeness (QED) is 0.669. The highest BCUT2D eigenvalue weighted by Crippen LogP contribution is 2.40. The molecule has 0 spiro atoms. The maximum absolute atomic E-state index is 11.9. The summed E-state index contributed by atoms with van der Waals surface area (Å²) in [4.78, 5) is 33.4. The zero-order valence-electron chi connectivity index (χ0n) is 10.2. The van der Waals surface area contributed by atoms with Crippen LogP contribution in [0.4, 0.5) is 5.69 Å². The number of non-ortho nitro benzene ring substituents is 1. The van der Waals surface area contributed by atoms with E-state index in [-0.39, 0.29) is 22.7 Å². The number of nitrogens with zero attached hydrogens (tertiary/aromatic N) is 2. The molecule has 104 valence electrons. The summed E-state index contributed by atoms with van der Waals surface area (Å²) in [5.41, 5.74) is 0.0722. The number of fused-ring (bicyclic) bond motifs is 1. The van der Waals surface area contributed by atoms with Crippen LogP contribution in [-0.2, 0) is 4.79 Å². The molecule has 0 amide bonds. The number of rotatable bonds is 4. The van der Waals surface area contributed by atoms with Gasteiger partial charge in [0.15, 0.2) is 5.58 Å². The molecule has 2 aromatic rings. The van der Waals surface area contributed by atoms with E-state index in [2.05, 4.69) is 0 Å². The van der Waals surface area contributed by atoms with E-state index in [4.69, 9.17) is 4.42 Å². The largest absolute Gasteiger partial charge is 0.480 e. The first-order valence-corrected chi connectivity index (χ1v) is 6.01. The lowest BCUT2D eigenvalue weighted by atomic mass is 10.1. The average Bonchev–Trinajstić information content (AvgIpc) is 3.14. The molecule has 3 rings (SSSR count). The molecule has 1 aromatic heterocycles. The SMILES string of the molecule is O=C(O)C(C1CC1)n1c(=O)oc2ccc([N+](=O)[O-])cc21. The van der Waals surface area contributed by atoms with E-state index in [9.17, 15) is 24.8 Å². The molecule has 1 aliphatic carbocycles. The summed E-state index contributed by atoms with van der Waals surface area (Å²) < 4.78 is 5.97. The first-order valence-electron chi connectivity index (χ1n) is 6.01. The number of hydrogen-bond acceptors (Lipinski definition) is 5. The Kier molecular flexibility index (Phi) is 2.60. The molecule has 1 heterocycles. The summed E-state index contributed by atoms with van der Waals surface area (Å²) in [6.45, 7) is 0. The molecule has 1 aromatic carbocycles. The average molecular weight is 278 g/mol. The number of carboxylic acid groups (broad SMARTS) is 1. The Labute approximate surface area is 111 Å². The van der Waals surface area contributed by atoms with Gasteiger partial charge in [0.05, 0.1) is 10.4 Å². The van der Waals surface area contributed by atoms with Crippen molar-refractivity contribution < 1.29 is 19.2 Å². The summed E-state index contributed by atoms with van der Waals surface area (Å²) in [5.74, 6) is -2.08. The molecule has 8 nitrogen and oxygen atoms in total. The zero-order valence-corrected chi connectivity index (χ0v) is 10.2. The van der Waals surface area contributed by atoms with Crippen LogP contribution in [0.15, 0.2) is 27.4 Å². The number of aromatic nitrogens is 1. The fourth-order valence-corrected chi connectivity index (χ4v) is 2.33. The highest BCUT2D eigenvalue weighted by atomic mass is 16.6. The van der Waals surface area contributed by atoms with Crippen LogP contribution in [0, 0.1) is 16.0 Å². The fraction of sp³-hybridized carbons (Fsp3) is 0.333. The lowest BCUT2D eigenvalue weighted by molar-refractivity contribution is -0.384. The zero-order chi connectivity index (χ0) is 14.4. The molecule has 8 heteroatoms. The molecule has 0 bridgehead atoms. The van der Waals surface area contributed by atoms with Gasteiger partial charge in [0.2, 0.25) is 0 Å². The van der Waals surface area contributed by atoms with Crippen molar-refractivity contribution in [1.82, 2.24) is 4.57 Å². The third kappa shape index (κ3) is 1.85. The van der Waals surface area contributed by atoms with E-state index in [1.54, 1.807) is 0 Å². The Morgan fingerprint density at radius 1 is 1.50 bits per heavy atom. The number of carbonyl (C=O) groups is 1. The molecule has 1 N–H and O–H groups in total. The standard InChI is InChI=1S/C12H10N2O6/c15-11(16)10(6-1-2-6)13-8-5-7(14(18)19)3-4-9(8)20-12(13)17/h3-6,10H,1-2H2,(H,15,16). The van der Waals surface area contributed by atoms with Crippen molar-refractivity contribution in [2.75, 3.05) is 0 Å². The lowest BCUT2D eigenvalue weighted by Crippen LogP contribution is -2.28. The van der Waals surface area contributed by atoms with Crippen LogP contribution in [0.5, 0.6) is 0 Å². The second-order valence-electron chi connectivity index (χ2n) is 4.77. The number of aliphatic carboxylic acids is 1. The monoisotopic (exact) mass is 278 g/mol. The van der Waals surface area contributed by atoms with Crippen LogP contribution in [0.3, 0.4) is 0 Å². The number of nitro benzene ring substituents is 1. The Balaban J connectivity index is 2.25. The Morgan fingerprint density at radius 2 is 2.20 bits per heavy atom. The third-order valence-corrected chi connectivity index (χ3v) is 3.41. The highest BCUT2D eigenvalue weighted by molar-refractivity contribution is 5.80. The van der Waals surface area contributed by atoms with Gasteiger partial charge in [-0.3, -0.25) is 14.7 Å². The topological polar surface area (TPSA) is 116 Å². The number of benzene rings is 1. The van der Waals surface area contributed by atoms with Gasteiger partial charge >= 0.3 is 11.7 Å². The van der Waals surface area contributed by atoms with Gasteiger partial charge in [-0.1, -0.05) is 0 Å². The van der Waals surface area contributed by atoms with Crippen molar-refractivity contribution in [1.29, 1.82) is 0 Å². The van der Waals surface area contributed by atoms with Gasteiger partial charge < -0.3 is 9.52 Å². The van der Waals surface area contributed by atoms with E-state index < -0.39 is 22.7 Å². The van der Waals surface area contributed by atoms with Crippen LogP contribution >= 0.6 is 0 Å². The molecule has 1 saturated carbocycles. The highest BCUT2D eigenvalue weighted by Gasteiger charge is 2.40. The maximum Gasteiger partial charge on any atom is 0.420 e. The summed E-state index contributed by atoms with van der Waals surface area (Å²) in [7, 11) is 0. The summed E-state index contributed by atoms with van der Waals surface area (Å²) in [6.07, 6.45) is 1.43. The van der Waals surface area contributed by atoms with Crippen LogP contribution in [0.25, 0.3) is 11.1 Å². The minimum Gasteiger partial charge on any atom is -0.480 e. The minimum absolute atomic E-state index is 0.134. The van der Waals surface area contributed by atoms with Crippen LogP contribution < -0.4 is 5.76 Å². The predicted octanol–water partition coefficient (Wildman–Crippen LogP) is 1.54. The molecule has 0 aliphatic heterocycles. The molecular formula is C12H10N2O6. The molecule has 1 atom stereocenters. The van der Waals surface area contributed by atoms with Crippen molar-refractivity contribution in [3.63, 3.8) is 0 Å². The van der Waals surface area contributed by atoms with Gasteiger partial charge in [0.25, 0.3) is 5.69 Å². The summed E-state index contributed by atoms with van der Waals surface area (Å²) in [6, 6.07) is 2.64. The summed E-state index contributed by atoms with van der Waals surface area (Å²) in [5, 5.41) is 20.1. The normalized spacial score (nSPS) is 16.2. The molecule has 1 aliphatic rings. The van der Waals surface area contributed by atoms with Gasteiger partial charge in [0.1, 0.15) is 6.04 Å². The number of hydrogen-bond donors (Lipinski definition) is 1. The first-order chi connectivity index (χ1) is 9.49. The van der Waals surface area contributed by atoms with Crippen LogP contribution in [0.2, 0.25) is 0 Å². The van der Waals surface area contributed by atoms with Crippen molar-refractivity contribution >= 4 is 22.8 Å². The number of oxazole rings is 1. The smallest absolute Gasteiger partial charge is 0.420 e. The molecule has 20 heavy (non-hydrogen) atoms. The van der Waals surface area contributed by atoms with Crippen LogP contribution in [-0.4, -0.2) is 20.6 Å². The predicted molar refractivity (Wildman–Crippen MR) is 66.5 cm³/mol. The van der Waals surface area contributed by atoms with E-state index in [1.807, 2.05) is 0 Å². The van der Waals surface area contributed by atoms with Gasteiger partial charge in [-0.15, -0.1) is 0 Å². The number of carboxylic acids is 1. The Bertz CT molecular complexity index is 770. The second-order valence-corrected chi connectivity index (χ2v) is 4.77. The molecule has 0 saturated heterocycles. The number of nitro groups is 1. The molecule has 0 radical (unpaired) electrons. The van der Waals surface area contributed by atoms with Gasteiger partial charge in [-0.05, 0) is 24.8 Å². The van der Waals surface area contributed by atoms with Crippen molar-refractivity contribution in [2.24, 2.45) is 5.92 Å². The van der Waals surface area contributed by atoms with Gasteiger partial charge in [0, 0.05) is 12.1 Å². The van der Waals surface area contributed by atoms with Gasteiger partial charge in [-0.2, -0.15) is 0 Å². The van der Waals surface area contributed by atoms with Crippen molar-refractivity contribution in [2.45, 2.75) is 18.9 Å². The van der Waals surface area contributed by atoms with E-state index in [0.717, 1.165) is 4.57 Å². The molecule has 1 unspecified atom stereocenters. The first kappa shape index (κ1) is 12.4. The fourth-order valence-electron chi connectivity index (χ4n) is 2.33. The van der Waals surface area contributed by atoms with Crippen molar-refractivity contribution in [3.05, 3.63) is 38.9 Å². The van der Waals surface area contributed by atoms with Crippen LogP contribution in [0.1, 0.15) is 18.9 Å². The van der Waals surface area contributed by atoms with Gasteiger partial charge in [-0.25, -0.2) is 9.59 Å². The third-order valence-electron chi connectivity index (χ3n) is 3.41. The molecular weight excluding hydrogens is 268 g/mol.